The predicted molar refractivity (Wildman–Crippen MR) is 57.8 cm³/mol. The second-order valence-corrected chi connectivity index (χ2v) is 4.36. The van der Waals surface area contributed by atoms with E-state index in [4.69, 9.17) is 5.73 Å². The summed E-state index contributed by atoms with van der Waals surface area (Å²) in [6, 6.07) is 4.90. The van der Waals surface area contributed by atoms with Gasteiger partial charge in [0.25, 0.3) is 0 Å². The molecule has 1 aromatic rings. The Morgan fingerprint density at radius 3 is 2.38 bits per heavy atom. The number of alkyl halides is 3. The fourth-order valence-electron chi connectivity index (χ4n) is 1.59. The Balaban J connectivity index is 2.90. The monoisotopic (exact) mass is 231 g/mol. The summed E-state index contributed by atoms with van der Waals surface area (Å²) in [5, 5.41) is 0. The van der Waals surface area contributed by atoms with E-state index in [0.29, 0.717) is 17.9 Å². The maximum absolute atomic E-state index is 12.5. The molecule has 16 heavy (non-hydrogen) atoms. The van der Waals surface area contributed by atoms with Crippen molar-refractivity contribution in [3.05, 3.63) is 35.4 Å². The molecule has 0 spiro atoms. The molecule has 1 nitrogen and oxygen atoms in total. The summed E-state index contributed by atoms with van der Waals surface area (Å²) in [6.45, 7) is 3.99. The van der Waals surface area contributed by atoms with Crippen molar-refractivity contribution < 1.29 is 13.2 Å². The van der Waals surface area contributed by atoms with Gasteiger partial charge in [0.2, 0.25) is 0 Å². The fraction of sp³-hybridized carbons (Fsp3) is 0.500. The third-order valence-corrected chi connectivity index (χ3v) is 2.37. The molecule has 0 aliphatic heterocycles. The van der Waals surface area contributed by atoms with Gasteiger partial charge in [0, 0.05) is 6.04 Å². The molecule has 0 radical (unpaired) electrons. The van der Waals surface area contributed by atoms with Crippen LogP contribution in [0.15, 0.2) is 24.3 Å². The van der Waals surface area contributed by atoms with Crippen molar-refractivity contribution in [3.63, 3.8) is 0 Å². The standard InChI is InChI=1S/C12H16F3N/c1-8(2)6-11(16)9-4-3-5-10(7-9)12(13,14)15/h3-5,7-8,11H,6,16H2,1-2H3. The van der Waals surface area contributed by atoms with E-state index in [2.05, 4.69) is 0 Å². The molecule has 0 fully saturated rings. The highest BCUT2D eigenvalue weighted by Crippen LogP contribution is 2.31. The molecular weight excluding hydrogens is 215 g/mol. The van der Waals surface area contributed by atoms with Gasteiger partial charge in [-0.1, -0.05) is 26.0 Å². The highest BCUT2D eigenvalue weighted by Gasteiger charge is 2.30. The molecule has 0 heterocycles. The normalized spacial score (nSPS) is 14.2. The molecule has 1 unspecified atom stereocenters. The van der Waals surface area contributed by atoms with Gasteiger partial charge in [-0.3, -0.25) is 0 Å². The second kappa shape index (κ2) is 4.87. The molecule has 1 aromatic carbocycles. The van der Waals surface area contributed by atoms with Gasteiger partial charge >= 0.3 is 6.18 Å². The molecule has 1 atom stereocenters. The van der Waals surface area contributed by atoms with Gasteiger partial charge in [0.1, 0.15) is 0 Å². The second-order valence-electron chi connectivity index (χ2n) is 4.36. The number of hydrogen-bond acceptors (Lipinski definition) is 1. The van der Waals surface area contributed by atoms with E-state index >= 15 is 0 Å². The Bertz CT molecular complexity index is 344. The van der Waals surface area contributed by atoms with Crippen molar-refractivity contribution in [1.82, 2.24) is 0 Å². The number of halogens is 3. The summed E-state index contributed by atoms with van der Waals surface area (Å²) in [6.07, 6.45) is -3.62. The molecule has 0 amide bonds. The van der Waals surface area contributed by atoms with Crippen molar-refractivity contribution >= 4 is 0 Å². The molecule has 0 bridgehead atoms. The van der Waals surface area contributed by atoms with Gasteiger partial charge in [-0.25, -0.2) is 0 Å². The first-order chi connectivity index (χ1) is 7.30. The fourth-order valence-corrected chi connectivity index (χ4v) is 1.59. The number of hydrogen-bond donors (Lipinski definition) is 1. The van der Waals surface area contributed by atoms with Crippen molar-refractivity contribution in [2.75, 3.05) is 0 Å². The van der Waals surface area contributed by atoms with E-state index < -0.39 is 11.7 Å². The predicted octanol–water partition coefficient (Wildman–Crippen LogP) is 3.75. The zero-order valence-electron chi connectivity index (χ0n) is 9.38. The molecule has 4 heteroatoms. The lowest BCUT2D eigenvalue weighted by atomic mass is 9.96. The van der Waals surface area contributed by atoms with Crippen LogP contribution >= 0.6 is 0 Å². The van der Waals surface area contributed by atoms with Crippen LogP contribution < -0.4 is 5.73 Å². The summed E-state index contributed by atoms with van der Waals surface area (Å²) in [4.78, 5) is 0. The Labute approximate surface area is 93.5 Å². The molecular formula is C12H16F3N. The van der Waals surface area contributed by atoms with Crippen LogP contribution in [0.25, 0.3) is 0 Å². The third kappa shape index (κ3) is 3.52. The lowest BCUT2D eigenvalue weighted by Gasteiger charge is -2.16. The lowest BCUT2D eigenvalue weighted by molar-refractivity contribution is -0.137. The van der Waals surface area contributed by atoms with E-state index in [1.165, 1.54) is 6.07 Å². The summed E-state index contributed by atoms with van der Waals surface area (Å²) in [5.41, 5.74) is 5.75. The van der Waals surface area contributed by atoms with E-state index in [-0.39, 0.29) is 6.04 Å². The Morgan fingerprint density at radius 1 is 1.25 bits per heavy atom. The average molecular weight is 231 g/mol. The van der Waals surface area contributed by atoms with Gasteiger partial charge < -0.3 is 5.73 Å². The smallest absolute Gasteiger partial charge is 0.324 e. The zero-order valence-corrected chi connectivity index (χ0v) is 9.38. The summed E-state index contributed by atoms with van der Waals surface area (Å²) in [7, 11) is 0. The van der Waals surface area contributed by atoms with E-state index in [1.54, 1.807) is 6.07 Å². The highest BCUT2D eigenvalue weighted by atomic mass is 19.4. The van der Waals surface area contributed by atoms with Crippen LogP contribution in [0.3, 0.4) is 0 Å². The largest absolute Gasteiger partial charge is 0.416 e. The number of benzene rings is 1. The van der Waals surface area contributed by atoms with Gasteiger partial charge in [-0.05, 0) is 30.0 Å². The average Bonchev–Trinajstić information content (AvgIpc) is 2.15. The minimum Gasteiger partial charge on any atom is -0.324 e. The van der Waals surface area contributed by atoms with Crippen molar-refractivity contribution in [2.24, 2.45) is 11.7 Å². The van der Waals surface area contributed by atoms with Gasteiger partial charge in [-0.15, -0.1) is 0 Å². The number of rotatable bonds is 3. The Hall–Kier alpha value is -1.03. The minimum atomic E-state index is -4.30. The van der Waals surface area contributed by atoms with Crippen LogP contribution in [0.4, 0.5) is 13.2 Å². The first kappa shape index (κ1) is 13.0. The van der Waals surface area contributed by atoms with Gasteiger partial charge in [0.05, 0.1) is 5.56 Å². The molecule has 1 rings (SSSR count). The van der Waals surface area contributed by atoms with Crippen molar-refractivity contribution in [3.8, 4) is 0 Å². The van der Waals surface area contributed by atoms with Crippen LogP contribution in [-0.2, 0) is 6.18 Å². The maximum atomic E-state index is 12.5. The van der Waals surface area contributed by atoms with E-state index in [0.717, 1.165) is 12.1 Å². The Kier molecular flexibility index (Phi) is 3.97. The van der Waals surface area contributed by atoms with E-state index in [1.807, 2.05) is 13.8 Å². The molecule has 0 saturated heterocycles. The van der Waals surface area contributed by atoms with Crippen LogP contribution in [0, 0.1) is 5.92 Å². The van der Waals surface area contributed by atoms with Crippen LogP contribution in [0.2, 0.25) is 0 Å². The van der Waals surface area contributed by atoms with Crippen LogP contribution in [0.1, 0.15) is 37.4 Å². The molecule has 0 saturated carbocycles. The van der Waals surface area contributed by atoms with Crippen LogP contribution in [0.5, 0.6) is 0 Å². The molecule has 0 aromatic heterocycles. The maximum Gasteiger partial charge on any atom is 0.416 e. The quantitative estimate of drug-likeness (QED) is 0.842. The first-order valence-corrected chi connectivity index (χ1v) is 5.23. The molecule has 0 aliphatic rings. The minimum absolute atomic E-state index is 0.331. The third-order valence-electron chi connectivity index (χ3n) is 2.37. The molecule has 90 valence electrons. The SMILES string of the molecule is CC(C)CC(N)c1cccc(C(F)(F)F)c1. The Morgan fingerprint density at radius 2 is 1.88 bits per heavy atom. The lowest BCUT2D eigenvalue weighted by Crippen LogP contribution is -2.14. The van der Waals surface area contributed by atoms with Crippen molar-refractivity contribution in [2.45, 2.75) is 32.5 Å². The zero-order chi connectivity index (χ0) is 12.3. The molecule has 2 N–H and O–H groups in total. The summed E-state index contributed by atoms with van der Waals surface area (Å²) >= 11 is 0. The topological polar surface area (TPSA) is 26.0 Å². The van der Waals surface area contributed by atoms with Gasteiger partial charge in [-0.2, -0.15) is 13.2 Å². The van der Waals surface area contributed by atoms with Gasteiger partial charge in [0.15, 0.2) is 0 Å². The van der Waals surface area contributed by atoms with Crippen LogP contribution in [-0.4, -0.2) is 0 Å². The molecule has 0 aliphatic carbocycles. The first-order valence-electron chi connectivity index (χ1n) is 5.23. The number of nitrogens with two attached hydrogens (primary N) is 1. The summed E-state index contributed by atoms with van der Waals surface area (Å²) in [5.74, 6) is 0.365. The summed E-state index contributed by atoms with van der Waals surface area (Å²) < 4.78 is 37.4. The van der Waals surface area contributed by atoms with Crippen molar-refractivity contribution in [1.29, 1.82) is 0 Å². The highest BCUT2D eigenvalue weighted by molar-refractivity contribution is 5.27. The van der Waals surface area contributed by atoms with E-state index in [9.17, 15) is 13.2 Å².